The van der Waals surface area contributed by atoms with E-state index in [0.29, 0.717) is 22.0 Å². The predicted octanol–water partition coefficient (Wildman–Crippen LogP) is 6.49. The minimum absolute atomic E-state index is 0.122. The van der Waals surface area contributed by atoms with Crippen molar-refractivity contribution in [2.75, 3.05) is 24.4 Å². The highest BCUT2D eigenvalue weighted by atomic mass is 35.5. The summed E-state index contributed by atoms with van der Waals surface area (Å²) in [6.45, 7) is 5.35. The van der Waals surface area contributed by atoms with Crippen LogP contribution in [0.25, 0.3) is 6.08 Å². The summed E-state index contributed by atoms with van der Waals surface area (Å²) in [5.74, 6) is -0.594. The molecule has 0 saturated heterocycles. The van der Waals surface area contributed by atoms with Gasteiger partial charge in [0.15, 0.2) is 18.1 Å². The second-order valence-corrected chi connectivity index (χ2v) is 9.09. The van der Waals surface area contributed by atoms with Crippen molar-refractivity contribution in [1.29, 1.82) is 5.26 Å². The van der Waals surface area contributed by atoms with Gasteiger partial charge in [0.25, 0.3) is 11.8 Å². The van der Waals surface area contributed by atoms with E-state index in [2.05, 4.69) is 10.6 Å². The van der Waals surface area contributed by atoms with Gasteiger partial charge in [-0.25, -0.2) is 0 Å². The summed E-state index contributed by atoms with van der Waals surface area (Å²) in [6.07, 6.45) is 1.39. The molecule has 0 aliphatic heterocycles. The summed E-state index contributed by atoms with van der Waals surface area (Å²) in [5.41, 5.74) is 4.30. The highest BCUT2D eigenvalue weighted by molar-refractivity contribution is 6.32. The number of nitriles is 1. The van der Waals surface area contributed by atoms with Crippen LogP contribution in [0.5, 0.6) is 11.5 Å². The third kappa shape index (κ3) is 7.26. The third-order valence-corrected chi connectivity index (χ3v) is 6.05. The number of anilines is 2. The van der Waals surface area contributed by atoms with Gasteiger partial charge in [-0.2, -0.15) is 5.26 Å². The van der Waals surface area contributed by atoms with Crippen LogP contribution < -0.4 is 20.1 Å². The molecule has 3 rings (SSSR count). The third-order valence-electron chi connectivity index (χ3n) is 5.36. The van der Waals surface area contributed by atoms with Crippen molar-refractivity contribution in [2.45, 2.75) is 20.8 Å². The van der Waals surface area contributed by atoms with Crippen LogP contribution in [0.1, 0.15) is 22.3 Å². The smallest absolute Gasteiger partial charge is 0.266 e. The van der Waals surface area contributed by atoms with E-state index in [1.54, 1.807) is 30.3 Å². The molecule has 3 aromatic carbocycles. The van der Waals surface area contributed by atoms with E-state index in [4.69, 9.17) is 32.7 Å². The number of carbonyl (C=O) groups is 2. The maximum Gasteiger partial charge on any atom is 0.266 e. The molecule has 7 nitrogen and oxygen atoms in total. The van der Waals surface area contributed by atoms with E-state index in [9.17, 15) is 14.9 Å². The molecule has 9 heteroatoms. The molecule has 37 heavy (non-hydrogen) atoms. The molecule has 0 spiro atoms. The maximum atomic E-state index is 12.7. The second-order valence-electron chi connectivity index (χ2n) is 8.28. The molecule has 0 aliphatic rings. The van der Waals surface area contributed by atoms with Crippen LogP contribution in [-0.4, -0.2) is 25.5 Å². The molecule has 2 N–H and O–H groups in total. The minimum Gasteiger partial charge on any atom is -0.493 e. The van der Waals surface area contributed by atoms with Gasteiger partial charge >= 0.3 is 0 Å². The van der Waals surface area contributed by atoms with E-state index in [0.717, 1.165) is 16.7 Å². The number of hydrogen-bond donors (Lipinski definition) is 2. The lowest BCUT2D eigenvalue weighted by atomic mass is 10.1. The number of ether oxygens (including phenoxy) is 2. The molecule has 2 amide bonds. The first-order valence-electron chi connectivity index (χ1n) is 11.2. The number of rotatable bonds is 8. The summed E-state index contributed by atoms with van der Waals surface area (Å²) in [4.78, 5) is 25.1. The van der Waals surface area contributed by atoms with Crippen molar-refractivity contribution in [3.63, 3.8) is 0 Å². The molecular weight excluding hydrogens is 513 g/mol. The largest absolute Gasteiger partial charge is 0.493 e. The van der Waals surface area contributed by atoms with Gasteiger partial charge in [-0.05, 0) is 73.9 Å². The molecule has 0 aromatic heterocycles. The molecule has 0 fully saturated rings. The maximum absolute atomic E-state index is 12.7. The monoisotopic (exact) mass is 537 g/mol. The van der Waals surface area contributed by atoms with Gasteiger partial charge in [0.1, 0.15) is 11.6 Å². The molecule has 0 radical (unpaired) electrons. The zero-order valence-electron chi connectivity index (χ0n) is 20.7. The number of benzene rings is 3. The number of methoxy groups -OCH3 is 1. The van der Waals surface area contributed by atoms with Crippen molar-refractivity contribution >= 4 is 52.5 Å². The Labute approximate surface area is 225 Å². The molecule has 0 aliphatic carbocycles. The molecule has 0 bridgehead atoms. The van der Waals surface area contributed by atoms with E-state index >= 15 is 0 Å². The van der Waals surface area contributed by atoms with Gasteiger partial charge in [-0.3, -0.25) is 9.59 Å². The summed E-state index contributed by atoms with van der Waals surface area (Å²) in [6, 6.07) is 15.8. The number of amides is 2. The molecule has 3 aromatic rings. The summed E-state index contributed by atoms with van der Waals surface area (Å²) >= 11 is 12.5. The minimum atomic E-state index is -0.558. The average molecular weight is 538 g/mol. The van der Waals surface area contributed by atoms with Crippen LogP contribution in [0.2, 0.25) is 10.0 Å². The van der Waals surface area contributed by atoms with Crippen molar-refractivity contribution in [2.24, 2.45) is 0 Å². The molecule has 0 saturated carbocycles. The van der Waals surface area contributed by atoms with Crippen LogP contribution in [-0.2, 0) is 9.59 Å². The van der Waals surface area contributed by atoms with Crippen molar-refractivity contribution < 1.29 is 19.1 Å². The second kappa shape index (κ2) is 12.3. The Morgan fingerprint density at radius 1 is 0.973 bits per heavy atom. The lowest BCUT2D eigenvalue weighted by Crippen LogP contribution is -2.20. The molecule has 190 valence electrons. The van der Waals surface area contributed by atoms with E-state index in [1.165, 1.54) is 19.3 Å². The lowest BCUT2D eigenvalue weighted by molar-refractivity contribution is -0.118. The first kappa shape index (κ1) is 27.6. The number of hydrogen-bond acceptors (Lipinski definition) is 5. The number of aryl methyl sites for hydroxylation is 3. The van der Waals surface area contributed by atoms with Crippen LogP contribution in [0.15, 0.2) is 54.1 Å². The Morgan fingerprint density at radius 2 is 1.73 bits per heavy atom. The van der Waals surface area contributed by atoms with Gasteiger partial charge < -0.3 is 20.1 Å². The van der Waals surface area contributed by atoms with Crippen molar-refractivity contribution in [3.05, 3.63) is 86.4 Å². The highest BCUT2D eigenvalue weighted by Crippen LogP contribution is 2.37. The number of carbonyl (C=O) groups excluding carboxylic acids is 2. The first-order valence-corrected chi connectivity index (χ1v) is 11.9. The Hall–Kier alpha value is -3.99. The number of halogens is 2. The zero-order chi connectivity index (χ0) is 27.1. The Kier molecular flexibility index (Phi) is 9.18. The van der Waals surface area contributed by atoms with E-state index in [-0.39, 0.29) is 28.7 Å². The highest BCUT2D eigenvalue weighted by Gasteiger charge is 2.16. The SMILES string of the molecule is COc1cc(/C=C(\C#N)C(=O)Nc2ccc(C)cc2C)cc(Cl)c1OCC(=O)Nc1ccc(C)c(Cl)c1. The predicted molar refractivity (Wildman–Crippen MR) is 146 cm³/mol. The van der Waals surface area contributed by atoms with Crippen LogP contribution in [0.3, 0.4) is 0 Å². The van der Waals surface area contributed by atoms with Gasteiger partial charge in [-0.1, -0.05) is 47.0 Å². The first-order chi connectivity index (χ1) is 17.6. The summed E-state index contributed by atoms with van der Waals surface area (Å²) < 4.78 is 11.0. The fourth-order valence-corrected chi connectivity index (χ4v) is 3.88. The molecule has 0 atom stereocenters. The quantitative estimate of drug-likeness (QED) is 0.252. The van der Waals surface area contributed by atoms with E-state index < -0.39 is 11.8 Å². The van der Waals surface area contributed by atoms with Crippen molar-refractivity contribution in [3.8, 4) is 17.6 Å². The fourth-order valence-electron chi connectivity index (χ4n) is 3.43. The van der Waals surface area contributed by atoms with Gasteiger partial charge in [0, 0.05) is 16.4 Å². The topological polar surface area (TPSA) is 100 Å². The summed E-state index contributed by atoms with van der Waals surface area (Å²) in [7, 11) is 1.42. The van der Waals surface area contributed by atoms with Gasteiger partial charge in [0.2, 0.25) is 0 Å². The van der Waals surface area contributed by atoms with Gasteiger partial charge in [-0.15, -0.1) is 0 Å². The normalized spacial score (nSPS) is 10.9. The Bertz CT molecular complexity index is 1430. The average Bonchev–Trinajstić information content (AvgIpc) is 2.85. The van der Waals surface area contributed by atoms with E-state index in [1.807, 2.05) is 39.0 Å². The number of nitrogens with one attached hydrogen (secondary N) is 2. The molecule has 0 unspecified atom stereocenters. The molecular formula is C28H25Cl2N3O4. The zero-order valence-corrected chi connectivity index (χ0v) is 22.3. The fraction of sp³-hybridized carbons (Fsp3) is 0.179. The van der Waals surface area contributed by atoms with Crippen LogP contribution in [0.4, 0.5) is 11.4 Å². The molecule has 0 heterocycles. The van der Waals surface area contributed by atoms with Crippen LogP contribution >= 0.6 is 23.2 Å². The number of nitrogens with zero attached hydrogens (tertiary/aromatic N) is 1. The Balaban J connectivity index is 1.74. The summed E-state index contributed by atoms with van der Waals surface area (Å²) in [5, 5.41) is 15.7. The van der Waals surface area contributed by atoms with Gasteiger partial charge in [0.05, 0.1) is 12.1 Å². The Morgan fingerprint density at radius 3 is 2.38 bits per heavy atom. The van der Waals surface area contributed by atoms with Crippen LogP contribution in [0, 0.1) is 32.1 Å². The lowest BCUT2D eigenvalue weighted by Gasteiger charge is -2.14. The van der Waals surface area contributed by atoms with Crippen molar-refractivity contribution in [1.82, 2.24) is 0 Å². The standard InChI is InChI=1S/C28H25Cl2N3O4/c1-16-5-8-24(18(3)9-16)33-28(35)20(14-31)10-19-11-23(30)27(25(12-19)36-4)37-15-26(34)32-21-7-6-17(2)22(29)13-21/h5-13H,15H2,1-4H3,(H,32,34)(H,33,35)/b20-10+.